The zero-order valence-electron chi connectivity index (χ0n) is 15.1. The first-order valence-electron chi connectivity index (χ1n) is 8.48. The number of rotatable bonds is 6. The van der Waals surface area contributed by atoms with Crippen LogP contribution in [0.5, 0.6) is 0 Å². The maximum atomic E-state index is 12.0. The number of aliphatic imine (C=N–C) groups is 1. The van der Waals surface area contributed by atoms with Gasteiger partial charge < -0.3 is 19.5 Å². The highest BCUT2D eigenvalue weighted by Crippen LogP contribution is 2.27. The molecule has 2 rings (SSSR count). The lowest BCUT2D eigenvalue weighted by Crippen LogP contribution is -2.49. The van der Waals surface area contributed by atoms with Crippen LogP contribution in [0, 0.1) is 5.92 Å². The molecule has 1 aromatic rings. The highest BCUT2D eigenvalue weighted by atomic mass is 127. The Labute approximate surface area is 169 Å². The Morgan fingerprint density at radius 1 is 1.42 bits per heavy atom. The summed E-state index contributed by atoms with van der Waals surface area (Å²) in [5, 5.41) is 3.21. The van der Waals surface area contributed by atoms with Crippen molar-refractivity contribution in [2.24, 2.45) is 10.9 Å². The van der Waals surface area contributed by atoms with Crippen LogP contribution in [0.3, 0.4) is 0 Å². The van der Waals surface area contributed by atoms with Crippen LogP contribution < -0.4 is 5.32 Å². The first-order chi connectivity index (χ1) is 11.9. The van der Waals surface area contributed by atoms with Gasteiger partial charge in [-0.05, 0) is 18.8 Å². The van der Waals surface area contributed by atoms with Crippen LogP contribution in [0.25, 0.3) is 0 Å². The number of ether oxygens (including phenoxy) is 1. The standard InChI is InChI=1S/C16H26F3N5O.HI/c1-13-4-7-23(10-14(13)24-8-6-21-12-24)15(20-2)22-5-3-9-25-11-16(17,18)19;/h6,8,12-14H,3-5,7,9-11H2,1-2H3,(H,20,22);1H. The molecule has 0 aliphatic carbocycles. The monoisotopic (exact) mass is 489 g/mol. The lowest BCUT2D eigenvalue weighted by molar-refractivity contribution is -0.173. The molecule has 150 valence electrons. The summed E-state index contributed by atoms with van der Waals surface area (Å²) in [6.07, 6.45) is 2.84. The molecular weight excluding hydrogens is 462 g/mol. The van der Waals surface area contributed by atoms with Gasteiger partial charge in [0.05, 0.1) is 12.4 Å². The summed E-state index contributed by atoms with van der Waals surface area (Å²) >= 11 is 0. The third kappa shape index (κ3) is 7.29. The zero-order chi connectivity index (χ0) is 18.3. The van der Waals surface area contributed by atoms with Crippen LogP contribution in [0.1, 0.15) is 25.8 Å². The summed E-state index contributed by atoms with van der Waals surface area (Å²) in [6.45, 7) is 3.34. The molecule has 0 bridgehead atoms. The molecule has 1 N–H and O–H groups in total. The van der Waals surface area contributed by atoms with Gasteiger partial charge in [-0.3, -0.25) is 4.99 Å². The Balaban J connectivity index is 0.00000338. The summed E-state index contributed by atoms with van der Waals surface area (Å²) < 4.78 is 42.7. The van der Waals surface area contributed by atoms with Gasteiger partial charge in [0.25, 0.3) is 0 Å². The van der Waals surface area contributed by atoms with Crippen molar-refractivity contribution in [1.82, 2.24) is 19.8 Å². The van der Waals surface area contributed by atoms with E-state index in [2.05, 4.69) is 36.4 Å². The van der Waals surface area contributed by atoms with E-state index in [0.717, 1.165) is 25.5 Å². The van der Waals surface area contributed by atoms with E-state index in [1.807, 2.05) is 12.5 Å². The Bertz CT molecular complexity index is 538. The first-order valence-corrected chi connectivity index (χ1v) is 8.48. The molecule has 0 aromatic carbocycles. The van der Waals surface area contributed by atoms with Crippen LogP contribution in [0.2, 0.25) is 0 Å². The molecule has 10 heteroatoms. The Kier molecular flexibility index (Phi) is 9.69. The number of aromatic nitrogens is 2. The van der Waals surface area contributed by atoms with Gasteiger partial charge >= 0.3 is 6.18 Å². The number of alkyl halides is 3. The minimum absolute atomic E-state index is 0. The second kappa shape index (κ2) is 11.0. The van der Waals surface area contributed by atoms with Gasteiger partial charge in [-0.15, -0.1) is 24.0 Å². The van der Waals surface area contributed by atoms with Crippen molar-refractivity contribution in [3.63, 3.8) is 0 Å². The maximum Gasteiger partial charge on any atom is 0.411 e. The third-order valence-corrected chi connectivity index (χ3v) is 4.35. The van der Waals surface area contributed by atoms with E-state index in [9.17, 15) is 13.2 Å². The number of guanidine groups is 1. The van der Waals surface area contributed by atoms with E-state index in [1.165, 1.54) is 0 Å². The summed E-state index contributed by atoms with van der Waals surface area (Å²) in [5.74, 6) is 1.31. The van der Waals surface area contributed by atoms with Crippen LogP contribution in [0.4, 0.5) is 13.2 Å². The molecule has 6 nitrogen and oxygen atoms in total. The Morgan fingerprint density at radius 2 is 2.19 bits per heavy atom. The second-order valence-electron chi connectivity index (χ2n) is 6.28. The lowest BCUT2D eigenvalue weighted by atomic mass is 9.93. The van der Waals surface area contributed by atoms with Gasteiger partial charge in [0.2, 0.25) is 0 Å². The van der Waals surface area contributed by atoms with Crippen molar-refractivity contribution in [3.05, 3.63) is 18.7 Å². The number of halogens is 4. The molecule has 1 aliphatic heterocycles. The number of hydrogen-bond acceptors (Lipinski definition) is 3. The van der Waals surface area contributed by atoms with Gasteiger partial charge in [-0.25, -0.2) is 4.98 Å². The average Bonchev–Trinajstić information content (AvgIpc) is 3.08. The van der Waals surface area contributed by atoms with Crippen LogP contribution in [-0.4, -0.2) is 66.5 Å². The van der Waals surface area contributed by atoms with Crippen molar-refractivity contribution < 1.29 is 17.9 Å². The van der Waals surface area contributed by atoms with E-state index in [4.69, 9.17) is 0 Å². The van der Waals surface area contributed by atoms with Crippen molar-refractivity contribution in [3.8, 4) is 0 Å². The van der Waals surface area contributed by atoms with Gasteiger partial charge in [0.15, 0.2) is 5.96 Å². The quantitative estimate of drug-likeness (QED) is 0.289. The fourth-order valence-electron chi connectivity index (χ4n) is 2.99. The minimum atomic E-state index is -4.27. The molecular formula is C16H27F3IN5O. The minimum Gasteiger partial charge on any atom is -0.372 e. The first kappa shape index (κ1) is 23.0. The summed E-state index contributed by atoms with van der Waals surface area (Å²) in [4.78, 5) is 10.6. The fraction of sp³-hybridized carbons (Fsp3) is 0.750. The van der Waals surface area contributed by atoms with E-state index < -0.39 is 12.8 Å². The molecule has 1 aliphatic rings. The molecule has 0 saturated carbocycles. The highest BCUT2D eigenvalue weighted by molar-refractivity contribution is 14.0. The summed E-state index contributed by atoms with van der Waals surface area (Å²) in [6, 6.07) is 0.324. The SMILES string of the molecule is CN=C(NCCCOCC(F)(F)F)N1CCC(C)C(n2ccnc2)C1.I. The van der Waals surface area contributed by atoms with Crippen LogP contribution in [-0.2, 0) is 4.74 Å². The molecule has 2 unspecified atom stereocenters. The number of nitrogens with one attached hydrogen (secondary N) is 1. The molecule has 0 radical (unpaired) electrons. The van der Waals surface area contributed by atoms with Crippen molar-refractivity contribution in [1.29, 1.82) is 0 Å². The van der Waals surface area contributed by atoms with Crippen molar-refractivity contribution in [2.75, 3.05) is 39.9 Å². The molecule has 1 aromatic heterocycles. The number of piperidine rings is 1. The van der Waals surface area contributed by atoms with Gasteiger partial charge in [0.1, 0.15) is 6.61 Å². The molecule has 0 spiro atoms. The Morgan fingerprint density at radius 3 is 2.81 bits per heavy atom. The second-order valence-corrected chi connectivity index (χ2v) is 6.28. The normalized spacial score (nSPS) is 21.4. The number of likely N-dealkylation sites (tertiary alicyclic amines) is 1. The average molecular weight is 489 g/mol. The fourth-order valence-corrected chi connectivity index (χ4v) is 2.99. The van der Waals surface area contributed by atoms with Crippen LogP contribution >= 0.6 is 24.0 Å². The molecule has 26 heavy (non-hydrogen) atoms. The largest absolute Gasteiger partial charge is 0.411 e. The number of hydrogen-bond donors (Lipinski definition) is 1. The van der Waals surface area contributed by atoms with Crippen LogP contribution in [0.15, 0.2) is 23.7 Å². The molecule has 1 fully saturated rings. The zero-order valence-corrected chi connectivity index (χ0v) is 17.4. The van der Waals surface area contributed by atoms with E-state index in [0.29, 0.717) is 24.9 Å². The molecule has 2 heterocycles. The van der Waals surface area contributed by atoms with Gasteiger partial charge in [-0.2, -0.15) is 13.2 Å². The molecule has 0 amide bonds. The summed E-state index contributed by atoms with van der Waals surface area (Å²) in [5.41, 5.74) is 0. The molecule has 1 saturated heterocycles. The van der Waals surface area contributed by atoms with Crippen molar-refractivity contribution >= 4 is 29.9 Å². The number of nitrogens with zero attached hydrogens (tertiary/aromatic N) is 4. The maximum absolute atomic E-state index is 12.0. The third-order valence-electron chi connectivity index (χ3n) is 4.35. The molecule has 2 atom stereocenters. The topological polar surface area (TPSA) is 54.7 Å². The van der Waals surface area contributed by atoms with E-state index >= 15 is 0 Å². The van der Waals surface area contributed by atoms with E-state index in [1.54, 1.807) is 13.2 Å². The highest BCUT2D eigenvalue weighted by Gasteiger charge is 2.29. The summed E-state index contributed by atoms with van der Waals surface area (Å²) in [7, 11) is 1.72. The number of imidazole rings is 1. The predicted molar refractivity (Wildman–Crippen MR) is 105 cm³/mol. The smallest absolute Gasteiger partial charge is 0.372 e. The van der Waals surface area contributed by atoms with Crippen molar-refractivity contribution in [2.45, 2.75) is 32.0 Å². The predicted octanol–water partition coefficient (Wildman–Crippen LogP) is 2.93. The van der Waals surface area contributed by atoms with E-state index in [-0.39, 0.29) is 30.6 Å². The Hall–Kier alpha value is -1.04. The van der Waals surface area contributed by atoms with Gasteiger partial charge in [0, 0.05) is 45.7 Å². The van der Waals surface area contributed by atoms with Gasteiger partial charge in [-0.1, -0.05) is 6.92 Å². The lowest BCUT2D eigenvalue weighted by Gasteiger charge is -2.39.